The van der Waals surface area contributed by atoms with Crippen molar-refractivity contribution in [2.24, 2.45) is 0 Å². The highest BCUT2D eigenvalue weighted by atomic mass is 35.5. The van der Waals surface area contributed by atoms with Gasteiger partial charge in [-0.25, -0.2) is 0 Å². The minimum Gasteiger partial charge on any atom is -0.497 e. The molecule has 3 aliphatic rings. The smallest absolute Gasteiger partial charge is 0.271 e. The lowest BCUT2D eigenvalue weighted by atomic mass is 9.95. The molecule has 9 heteroatoms. The summed E-state index contributed by atoms with van der Waals surface area (Å²) in [6, 6.07) is 6.48. The summed E-state index contributed by atoms with van der Waals surface area (Å²) in [4.78, 5) is 47.3. The Morgan fingerprint density at radius 2 is 2.07 bits per heavy atom. The summed E-state index contributed by atoms with van der Waals surface area (Å²) in [7, 11) is 1.51. The van der Waals surface area contributed by atoms with Gasteiger partial charge in [0.1, 0.15) is 5.75 Å². The van der Waals surface area contributed by atoms with Crippen molar-refractivity contribution in [2.45, 2.75) is 37.4 Å². The van der Waals surface area contributed by atoms with Crippen molar-refractivity contribution in [1.29, 1.82) is 0 Å². The first-order chi connectivity index (χ1) is 14.5. The number of halogens is 1. The van der Waals surface area contributed by atoms with Gasteiger partial charge in [0.15, 0.2) is 0 Å². The lowest BCUT2D eigenvalue weighted by molar-refractivity contribution is -0.129. The van der Waals surface area contributed by atoms with Gasteiger partial charge in [0.05, 0.1) is 35.3 Å². The van der Waals surface area contributed by atoms with E-state index in [2.05, 4.69) is 10.3 Å². The van der Waals surface area contributed by atoms with Crippen molar-refractivity contribution < 1.29 is 19.1 Å². The van der Waals surface area contributed by atoms with Gasteiger partial charge in [-0.3, -0.25) is 24.3 Å². The molecule has 0 spiro atoms. The minimum atomic E-state index is -1.43. The molecule has 2 aromatic rings. The normalized spacial score (nSPS) is 22.6. The predicted octanol–water partition coefficient (Wildman–Crippen LogP) is 2.82. The maximum Gasteiger partial charge on any atom is 0.271 e. The van der Waals surface area contributed by atoms with Crippen molar-refractivity contribution in [3.63, 3.8) is 0 Å². The Kier molecular flexibility index (Phi) is 4.21. The third-order valence-electron chi connectivity index (χ3n) is 5.84. The van der Waals surface area contributed by atoms with Gasteiger partial charge in [0, 0.05) is 31.1 Å². The van der Waals surface area contributed by atoms with Crippen LogP contribution in [-0.4, -0.2) is 46.4 Å². The molecule has 1 saturated carbocycles. The Hall–Kier alpha value is -3.13. The third-order valence-corrected chi connectivity index (χ3v) is 6.05. The summed E-state index contributed by atoms with van der Waals surface area (Å²) in [6.45, 7) is 0. The summed E-state index contributed by atoms with van der Waals surface area (Å²) in [6.07, 6.45) is 4.91. The van der Waals surface area contributed by atoms with Gasteiger partial charge in [-0.1, -0.05) is 11.6 Å². The highest BCUT2D eigenvalue weighted by molar-refractivity contribution is 6.30. The Morgan fingerprint density at radius 1 is 1.27 bits per heavy atom. The van der Waals surface area contributed by atoms with Gasteiger partial charge >= 0.3 is 0 Å². The fourth-order valence-electron chi connectivity index (χ4n) is 4.41. The van der Waals surface area contributed by atoms with E-state index in [4.69, 9.17) is 16.3 Å². The van der Waals surface area contributed by atoms with Crippen LogP contribution in [0, 0.1) is 0 Å². The summed E-state index contributed by atoms with van der Waals surface area (Å²) < 4.78 is 5.30. The standard InChI is InChI=1S/C21H19ClN4O4/c1-30-15-4-5-16-17(9-15)26-18(27)6-7-21(26,25(19(16)28)14-2-3-14)20(29)24-13-8-12(22)10-23-11-13/h4-5,8-11,14H,2-3,6-7H2,1H3,(H,24,29). The van der Waals surface area contributed by atoms with Crippen LogP contribution in [0.1, 0.15) is 36.0 Å². The van der Waals surface area contributed by atoms with Gasteiger partial charge < -0.3 is 15.0 Å². The van der Waals surface area contributed by atoms with E-state index in [1.807, 2.05) is 0 Å². The fraction of sp³-hybridized carbons (Fsp3) is 0.333. The second kappa shape index (κ2) is 6.70. The molecule has 1 atom stereocenters. The number of carbonyl (C=O) groups is 3. The first kappa shape index (κ1) is 18.9. The molecule has 0 radical (unpaired) electrons. The fourth-order valence-corrected chi connectivity index (χ4v) is 4.59. The molecular weight excluding hydrogens is 408 g/mol. The van der Waals surface area contributed by atoms with Crippen LogP contribution in [0.3, 0.4) is 0 Å². The number of methoxy groups -OCH3 is 1. The monoisotopic (exact) mass is 426 g/mol. The molecule has 1 aromatic carbocycles. The first-order valence-corrected chi connectivity index (χ1v) is 10.1. The number of nitrogens with one attached hydrogen (secondary N) is 1. The Bertz CT molecular complexity index is 1090. The van der Waals surface area contributed by atoms with Gasteiger partial charge in [-0.2, -0.15) is 0 Å². The number of nitrogens with zero attached hydrogens (tertiary/aromatic N) is 3. The third kappa shape index (κ3) is 2.67. The summed E-state index contributed by atoms with van der Waals surface area (Å²) in [5.41, 5.74) is -0.235. The second-order valence-electron chi connectivity index (χ2n) is 7.68. The highest BCUT2D eigenvalue weighted by Crippen LogP contribution is 2.49. The Balaban J connectivity index is 1.66. The number of rotatable bonds is 4. The van der Waals surface area contributed by atoms with E-state index in [0.717, 1.165) is 12.8 Å². The molecule has 154 valence electrons. The van der Waals surface area contributed by atoms with Gasteiger partial charge in [0.2, 0.25) is 11.6 Å². The lowest BCUT2D eigenvalue weighted by Gasteiger charge is -2.49. The number of ether oxygens (including phenoxy) is 1. The van der Waals surface area contributed by atoms with Crippen LogP contribution in [-0.2, 0) is 9.59 Å². The number of hydrogen-bond donors (Lipinski definition) is 1. The number of aromatic nitrogens is 1. The maximum absolute atomic E-state index is 13.7. The number of amides is 3. The Morgan fingerprint density at radius 3 is 2.77 bits per heavy atom. The predicted molar refractivity (Wildman–Crippen MR) is 110 cm³/mol. The molecule has 2 aliphatic heterocycles. The zero-order valence-corrected chi connectivity index (χ0v) is 17.0. The minimum absolute atomic E-state index is 0.0793. The number of hydrogen-bond acceptors (Lipinski definition) is 5. The molecule has 1 N–H and O–H groups in total. The van der Waals surface area contributed by atoms with Crippen molar-refractivity contribution in [3.8, 4) is 5.75 Å². The molecule has 1 aromatic heterocycles. The highest BCUT2D eigenvalue weighted by Gasteiger charge is 2.63. The maximum atomic E-state index is 13.7. The topological polar surface area (TPSA) is 91.8 Å². The van der Waals surface area contributed by atoms with Gasteiger partial charge in [-0.05, 0) is 31.0 Å². The van der Waals surface area contributed by atoms with E-state index in [1.165, 1.54) is 24.4 Å². The van der Waals surface area contributed by atoms with Crippen LogP contribution in [0.25, 0.3) is 0 Å². The van der Waals surface area contributed by atoms with Crippen molar-refractivity contribution in [1.82, 2.24) is 9.88 Å². The average Bonchev–Trinajstić information content (AvgIpc) is 3.50. The largest absolute Gasteiger partial charge is 0.497 e. The number of benzene rings is 1. The van der Waals surface area contributed by atoms with E-state index in [-0.39, 0.29) is 30.7 Å². The van der Waals surface area contributed by atoms with Gasteiger partial charge in [0.25, 0.3) is 11.8 Å². The lowest BCUT2D eigenvalue weighted by Crippen LogP contribution is -2.70. The van der Waals surface area contributed by atoms with Gasteiger partial charge in [-0.15, -0.1) is 0 Å². The quantitative estimate of drug-likeness (QED) is 0.811. The molecule has 1 aliphatic carbocycles. The molecule has 30 heavy (non-hydrogen) atoms. The summed E-state index contributed by atoms with van der Waals surface area (Å²) in [5.74, 6) is -0.400. The number of pyridine rings is 1. The average molecular weight is 427 g/mol. The first-order valence-electron chi connectivity index (χ1n) is 9.72. The molecule has 1 saturated heterocycles. The number of carbonyl (C=O) groups excluding carboxylic acids is 3. The van der Waals surface area contributed by atoms with Crippen molar-refractivity contribution in [2.75, 3.05) is 17.3 Å². The van der Waals surface area contributed by atoms with Crippen LogP contribution in [0.2, 0.25) is 5.02 Å². The van der Waals surface area contributed by atoms with Crippen LogP contribution in [0.4, 0.5) is 11.4 Å². The summed E-state index contributed by atoms with van der Waals surface area (Å²) >= 11 is 6.00. The Labute approximate surface area is 177 Å². The molecule has 5 rings (SSSR count). The molecule has 2 fully saturated rings. The molecule has 0 bridgehead atoms. The SMILES string of the molecule is COc1ccc2c(c1)N1C(=O)CCC1(C(=O)Nc1cncc(Cl)c1)N(C1CC1)C2=O. The molecule has 3 heterocycles. The number of fused-ring (bicyclic) bond motifs is 3. The zero-order chi connectivity index (χ0) is 21.0. The van der Waals surface area contributed by atoms with Crippen LogP contribution in [0.15, 0.2) is 36.7 Å². The van der Waals surface area contributed by atoms with Crippen molar-refractivity contribution >= 4 is 40.7 Å². The second-order valence-corrected chi connectivity index (χ2v) is 8.12. The molecule has 1 unspecified atom stereocenters. The molecule has 8 nitrogen and oxygen atoms in total. The van der Waals surface area contributed by atoms with E-state index in [9.17, 15) is 14.4 Å². The van der Waals surface area contributed by atoms with Crippen LogP contribution >= 0.6 is 11.6 Å². The van der Waals surface area contributed by atoms with Crippen LogP contribution in [0.5, 0.6) is 5.75 Å². The van der Waals surface area contributed by atoms with E-state index >= 15 is 0 Å². The number of anilines is 2. The molecule has 3 amide bonds. The summed E-state index contributed by atoms with van der Waals surface area (Å²) in [5, 5.41) is 3.20. The van der Waals surface area contributed by atoms with Crippen molar-refractivity contribution in [3.05, 3.63) is 47.2 Å². The van der Waals surface area contributed by atoms with Crippen LogP contribution < -0.4 is 15.0 Å². The van der Waals surface area contributed by atoms with E-state index in [0.29, 0.717) is 27.7 Å². The molecular formula is C21H19ClN4O4. The zero-order valence-electron chi connectivity index (χ0n) is 16.2. The van der Waals surface area contributed by atoms with E-state index < -0.39 is 11.6 Å². The van der Waals surface area contributed by atoms with E-state index in [1.54, 1.807) is 29.2 Å².